The minimum atomic E-state index is -0.130. The molecule has 2 aliphatic rings. The molecule has 1 saturated heterocycles. The van der Waals surface area contributed by atoms with Crippen LogP contribution in [0.1, 0.15) is 24.7 Å². The first-order valence-corrected chi connectivity index (χ1v) is 9.20. The van der Waals surface area contributed by atoms with Gasteiger partial charge in [0, 0.05) is 18.3 Å². The van der Waals surface area contributed by atoms with Crippen LogP contribution in [0, 0.1) is 0 Å². The van der Waals surface area contributed by atoms with Gasteiger partial charge in [-0.2, -0.15) is 0 Å². The van der Waals surface area contributed by atoms with Crippen LogP contribution in [-0.2, 0) is 0 Å². The average molecular weight is 364 g/mol. The number of carbonyl (C=O) groups is 1. The summed E-state index contributed by atoms with van der Waals surface area (Å²) in [6.07, 6.45) is 1.85. The number of fused-ring (bicyclic) bond motifs is 2. The molecule has 1 fully saturated rings. The minimum Gasteiger partial charge on any atom is -0.486 e. The zero-order valence-corrected chi connectivity index (χ0v) is 14.8. The summed E-state index contributed by atoms with van der Waals surface area (Å²) in [5, 5.41) is 2.98. The van der Waals surface area contributed by atoms with Crippen molar-refractivity contribution < 1.29 is 14.3 Å². The number of ether oxygens (including phenoxy) is 2. The van der Waals surface area contributed by atoms with Crippen molar-refractivity contribution >= 4 is 22.8 Å². The molecule has 27 heavy (non-hydrogen) atoms. The summed E-state index contributed by atoms with van der Waals surface area (Å²) >= 11 is 0. The first-order valence-electron chi connectivity index (χ1n) is 9.20. The first-order chi connectivity index (χ1) is 13.3. The highest BCUT2D eigenvalue weighted by Gasteiger charge is 2.32. The number of aromatic nitrogens is 2. The molecular weight excluding hydrogens is 344 g/mol. The van der Waals surface area contributed by atoms with Gasteiger partial charge in [-0.15, -0.1) is 0 Å². The Hall–Kier alpha value is -3.22. The molecule has 1 atom stereocenters. The standard InChI is InChI=1S/C20H20N4O3/c25-20(21-13-7-8-17-18(12-13)27-11-10-26-17)24-9-3-6-16(24)19-22-14-4-1-2-5-15(14)23-19/h1-2,4-5,7-8,12,16H,3,6,9-11H2,(H,21,25)(H,22,23). The smallest absolute Gasteiger partial charge is 0.322 e. The molecule has 2 amide bonds. The van der Waals surface area contributed by atoms with Gasteiger partial charge in [0.1, 0.15) is 19.0 Å². The Balaban J connectivity index is 1.36. The molecule has 2 N–H and O–H groups in total. The van der Waals surface area contributed by atoms with Crippen LogP contribution >= 0.6 is 0 Å². The predicted molar refractivity (Wildman–Crippen MR) is 101 cm³/mol. The predicted octanol–water partition coefficient (Wildman–Crippen LogP) is 3.70. The lowest BCUT2D eigenvalue weighted by Gasteiger charge is -2.24. The maximum atomic E-state index is 12.9. The van der Waals surface area contributed by atoms with Gasteiger partial charge in [0.15, 0.2) is 11.5 Å². The fraction of sp³-hybridized carbons (Fsp3) is 0.300. The highest BCUT2D eigenvalue weighted by Crippen LogP contribution is 2.34. The normalized spacial score (nSPS) is 18.7. The van der Waals surface area contributed by atoms with Gasteiger partial charge in [-0.1, -0.05) is 12.1 Å². The molecule has 0 aliphatic carbocycles. The maximum Gasteiger partial charge on any atom is 0.322 e. The van der Waals surface area contributed by atoms with Gasteiger partial charge in [-0.25, -0.2) is 9.78 Å². The van der Waals surface area contributed by atoms with Crippen molar-refractivity contribution in [2.45, 2.75) is 18.9 Å². The Kier molecular flexibility index (Phi) is 3.85. The van der Waals surface area contributed by atoms with Crippen LogP contribution in [0.5, 0.6) is 11.5 Å². The summed E-state index contributed by atoms with van der Waals surface area (Å²) in [7, 11) is 0. The number of nitrogens with one attached hydrogen (secondary N) is 2. The summed E-state index contributed by atoms with van der Waals surface area (Å²) in [6, 6.07) is 13.2. The van der Waals surface area contributed by atoms with Crippen molar-refractivity contribution in [2.24, 2.45) is 0 Å². The molecule has 7 heteroatoms. The van der Waals surface area contributed by atoms with Gasteiger partial charge in [0.2, 0.25) is 0 Å². The number of hydrogen-bond donors (Lipinski definition) is 2. The number of urea groups is 1. The number of nitrogens with zero attached hydrogens (tertiary/aromatic N) is 2. The lowest BCUT2D eigenvalue weighted by Crippen LogP contribution is -2.34. The summed E-state index contributed by atoms with van der Waals surface area (Å²) in [4.78, 5) is 22.8. The number of benzene rings is 2. The number of H-pyrrole nitrogens is 1. The first kappa shape index (κ1) is 16.0. The van der Waals surface area contributed by atoms with Crippen LogP contribution in [0.3, 0.4) is 0 Å². The Bertz CT molecular complexity index is 967. The minimum absolute atomic E-state index is 0.0467. The SMILES string of the molecule is O=C(Nc1ccc2c(c1)OCCO2)N1CCCC1c1nc2ccccc2[nH]1. The van der Waals surface area contributed by atoms with Gasteiger partial charge in [-0.05, 0) is 37.1 Å². The van der Waals surface area contributed by atoms with E-state index in [-0.39, 0.29) is 12.1 Å². The number of para-hydroxylation sites is 2. The van der Waals surface area contributed by atoms with E-state index in [1.807, 2.05) is 41.3 Å². The van der Waals surface area contributed by atoms with Crippen LogP contribution in [-0.4, -0.2) is 40.7 Å². The highest BCUT2D eigenvalue weighted by atomic mass is 16.6. The van der Waals surface area contributed by atoms with Crippen LogP contribution in [0.2, 0.25) is 0 Å². The van der Waals surface area contributed by atoms with Crippen molar-refractivity contribution in [3.8, 4) is 11.5 Å². The summed E-state index contributed by atoms with van der Waals surface area (Å²) < 4.78 is 11.1. The van der Waals surface area contributed by atoms with E-state index in [1.165, 1.54) is 0 Å². The van der Waals surface area contributed by atoms with E-state index in [2.05, 4.69) is 15.3 Å². The third-order valence-electron chi connectivity index (χ3n) is 5.03. The zero-order chi connectivity index (χ0) is 18.2. The van der Waals surface area contributed by atoms with Gasteiger partial charge in [0.05, 0.1) is 17.1 Å². The maximum absolute atomic E-state index is 12.9. The second-order valence-corrected chi connectivity index (χ2v) is 6.78. The molecule has 7 nitrogen and oxygen atoms in total. The molecule has 1 aromatic heterocycles. The van der Waals surface area contributed by atoms with E-state index < -0.39 is 0 Å². The van der Waals surface area contributed by atoms with E-state index in [4.69, 9.17) is 9.47 Å². The lowest BCUT2D eigenvalue weighted by molar-refractivity contribution is 0.171. The van der Waals surface area contributed by atoms with E-state index >= 15 is 0 Å². The monoisotopic (exact) mass is 364 g/mol. The van der Waals surface area contributed by atoms with Gasteiger partial charge < -0.3 is 24.7 Å². The van der Waals surface area contributed by atoms with Crippen LogP contribution in [0.25, 0.3) is 11.0 Å². The number of aromatic amines is 1. The molecule has 3 aromatic rings. The number of amides is 2. The molecule has 1 unspecified atom stereocenters. The molecule has 0 spiro atoms. The number of anilines is 1. The number of carbonyl (C=O) groups excluding carboxylic acids is 1. The Morgan fingerprint density at radius 1 is 1.15 bits per heavy atom. The summed E-state index contributed by atoms with van der Waals surface area (Å²) in [6.45, 7) is 1.77. The van der Waals surface area contributed by atoms with E-state index in [9.17, 15) is 4.79 Å². The van der Waals surface area contributed by atoms with Gasteiger partial charge in [0.25, 0.3) is 0 Å². The number of imidazole rings is 1. The van der Waals surface area contributed by atoms with Crippen molar-refractivity contribution in [1.82, 2.24) is 14.9 Å². The molecule has 0 saturated carbocycles. The molecular formula is C20H20N4O3. The van der Waals surface area contributed by atoms with Crippen LogP contribution in [0.15, 0.2) is 42.5 Å². The fourth-order valence-corrected chi connectivity index (χ4v) is 3.74. The largest absolute Gasteiger partial charge is 0.486 e. The molecule has 3 heterocycles. The molecule has 138 valence electrons. The Morgan fingerprint density at radius 2 is 2.00 bits per heavy atom. The molecule has 5 rings (SSSR count). The van der Waals surface area contributed by atoms with E-state index in [0.717, 1.165) is 29.7 Å². The third-order valence-corrected chi connectivity index (χ3v) is 5.03. The van der Waals surface area contributed by atoms with Crippen molar-refractivity contribution in [2.75, 3.05) is 25.1 Å². The zero-order valence-electron chi connectivity index (χ0n) is 14.8. The molecule has 0 radical (unpaired) electrons. The lowest BCUT2D eigenvalue weighted by atomic mass is 10.2. The number of likely N-dealkylation sites (tertiary alicyclic amines) is 1. The molecule has 2 aromatic carbocycles. The van der Waals surface area contributed by atoms with Gasteiger partial charge in [-0.3, -0.25) is 0 Å². The number of rotatable bonds is 2. The highest BCUT2D eigenvalue weighted by molar-refractivity contribution is 5.90. The topological polar surface area (TPSA) is 79.5 Å². The van der Waals surface area contributed by atoms with Crippen LogP contribution < -0.4 is 14.8 Å². The quantitative estimate of drug-likeness (QED) is 0.727. The third kappa shape index (κ3) is 2.95. The van der Waals surface area contributed by atoms with Crippen molar-refractivity contribution in [3.05, 3.63) is 48.3 Å². The molecule has 2 aliphatic heterocycles. The summed E-state index contributed by atoms with van der Waals surface area (Å²) in [5.74, 6) is 2.21. The van der Waals surface area contributed by atoms with Gasteiger partial charge >= 0.3 is 6.03 Å². The Labute approximate surface area is 156 Å². The Morgan fingerprint density at radius 3 is 2.89 bits per heavy atom. The summed E-state index contributed by atoms with van der Waals surface area (Å²) in [5.41, 5.74) is 2.61. The van der Waals surface area contributed by atoms with E-state index in [1.54, 1.807) is 6.07 Å². The van der Waals surface area contributed by atoms with Crippen molar-refractivity contribution in [3.63, 3.8) is 0 Å². The number of hydrogen-bond acceptors (Lipinski definition) is 4. The fourth-order valence-electron chi connectivity index (χ4n) is 3.74. The average Bonchev–Trinajstić information content (AvgIpc) is 3.34. The second-order valence-electron chi connectivity index (χ2n) is 6.78. The second kappa shape index (κ2) is 6.50. The van der Waals surface area contributed by atoms with E-state index in [0.29, 0.717) is 36.9 Å². The van der Waals surface area contributed by atoms with Crippen molar-refractivity contribution in [1.29, 1.82) is 0 Å². The molecule has 0 bridgehead atoms. The van der Waals surface area contributed by atoms with Crippen LogP contribution in [0.4, 0.5) is 10.5 Å².